The number of ether oxygens (including phenoxy) is 1. The summed E-state index contributed by atoms with van der Waals surface area (Å²) in [5, 5.41) is 13.8. The van der Waals surface area contributed by atoms with Gasteiger partial charge in [-0.1, -0.05) is 12.1 Å². The van der Waals surface area contributed by atoms with E-state index in [4.69, 9.17) is 4.74 Å². The van der Waals surface area contributed by atoms with Gasteiger partial charge < -0.3 is 10.1 Å². The van der Waals surface area contributed by atoms with Crippen LogP contribution in [0, 0.1) is 24.0 Å². The molecule has 0 bridgehead atoms. The average molecular weight is 314 g/mol. The summed E-state index contributed by atoms with van der Waals surface area (Å²) in [7, 11) is 0. The molecule has 2 aromatic carbocycles. The molecule has 0 saturated heterocycles. The third-order valence-electron chi connectivity index (χ3n) is 3.56. The lowest BCUT2D eigenvalue weighted by Gasteiger charge is -2.11. The summed E-state index contributed by atoms with van der Waals surface area (Å²) in [6.45, 7) is 5.93. The quantitative estimate of drug-likeness (QED) is 0.671. The summed E-state index contributed by atoms with van der Waals surface area (Å²) in [5.41, 5.74) is 2.03. The van der Waals surface area contributed by atoms with Gasteiger partial charge in [-0.05, 0) is 50.1 Å². The van der Waals surface area contributed by atoms with Crippen molar-refractivity contribution in [3.63, 3.8) is 0 Å². The molecule has 0 unspecified atom stereocenters. The molecule has 0 spiro atoms. The number of hydrogen-bond donors (Lipinski definition) is 1. The molecule has 2 aromatic rings. The number of nitro groups is 1. The standard InChI is InChI=1S/C17H18N2O4/c1-4-23-14-7-5-6-13(10-14)17(20)18-16-12(3)11(2)8-9-15(16)19(21)22/h5-10H,4H2,1-3H3,(H,18,20). The van der Waals surface area contributed by atoms with Gasteiger partial charge in [0, 0.05) is 11.6 Å². The minimum absolute atomic E-state index is 0.123. The number of carbonyl (C=O) groups is 1. The normalized spacial score (nSPS) is 10.2. The SMILES string of the molecule is CCOc1cccc(C(=O)Nc2c([N+](=O)[O-])ccc(C)c2C)c1. The number of amides is 1. The first-order chi connectivity index (χ1) is 10.9. The molecule has 0 atom stereocenters. The Bertz CT molecular complexity index is 756. The second kappa shape index (κ2) is 6.91. The van der Waals surface area contributed by atoms with E-state index in [1.807, 2.05) is 13.8 Å². The van der Waals surface area contributed by atoms with Gasteiger partial charge in [0.1, 0.15) is 11.4 Å². The predicted octanol–water partition coefficient (Wildman–Crippen LogP) is 3.86. The summed E-state index contributed by atoms with van der Waals surface area (Å²) in [6, 6.07) is 9.76. The monoisotopic (exact) mass is 314 g/mol. The number of nitro benzene ring substituents is 1. The zero-order valence-electron chi connectivity index (χ0n) is 13.3. The smallest absolute Gasteiger partial charge is 0.293 e. The number of aryl methyl sites for hydroxylation is 1. The highest BCUT2D eigenvalue weighted by atomic mass is 16.6. The highest BCUT2D eigenvalue weighted by Gasteiger charge is 2.20. The number of carbonyl (C=O) groups excluding carboxylic acids is 1. The Kier molecular flexibility index (Phi) is 4.95. The zero-order chi connectivity index (χ0) is 17.0. The molecule has 0 aromatic heterocycles. The first kappa shape index (κ1) is 16.5. The van der Waals surface area contributed by atoms with Crippen LogP contribution in [-0.4, -0.2) is 17.4 Å². The summed E-state index contributed by atoms with van der Waals surface area (Å²) in [5.74, 6) is 0.166. The van der Waals surface area contributed by atoms with Crippen LogP contribution in [0.3, 0.4) is 0 Å². The molecule has 0 heterocycles. The van der Waals surface area contributed by atoms with Crippen molar-refractivity contribution in [3.8, 4) is 5.75 Å². The average Bonchev–Trinajstić information content (AvgIpc) is 2.52. The summed E-state index contributed by atoms with van der Waals surface area (Å²) in [4.78, 5) is 23.1. The van der Waals surface area contributed by atoms with Crippen LogP contribution in [0.4, 0.5) is 11.4 Å². The molecule has 0 saturated carbocycles. The van der Waals surface area contributed by atoms with Gasteiger partial charge in [-0.2, -0.15) is 0 Å². The van der Waals surface area contributed by atoms with E-state index < -0.39 is 10.8 Å². The summed E-state index contributed by atoms with van der Waals surface area (Å²) in [6.07, 6.45) is 0. The van der Waals surface area contributed by atoms with Crippen LogP contribution in [-0.2, 0) is 0 Å². The fraction of sp³-hybridized carbons (Fsp3) is 0.235. The van der Waals surface area contributed by atoms with E-state index in [-0.39, 0.29) is 11.4 Å². The Labute approximate surface area is 134 Å². The molecule has 23 heavy (non-hydrogen) atoms. The van der Waals surface area contributed by atoms with Crippen molar-refractivity contribution in [3.05, 3.63) is 63.2 Å². The van der Waals surface area contributed by atoms with Crippen LogP contribution in [0.15, 0.2) is 36.4 Å². The van der Waals surface area contributed by atoms with E-state index in [1.165, 1.54) is 6.07 Å². The minimum atomic E-state index is -0.501. The molecular weight excluding hydrogens is 296 g/mol. The Hall–Kier alpha value is -2.89. The molecule has 120 valence electrons. The van der Waals surface area contributed by atoms with Gasteiger partial charge in [0.2, 0.25) is 0 Å². The van der Waals surface area contributed by atoms with Gasteiger partial charge in [0.05, 0.1) is 11.5 Å². The molecule has 2 rings (SSSR count). The van der Waals surface area contributed by atoms with Crippen molar-refractivity contribution in [1.82, 2.24) is 0 Å². The summed E-state index contributed by atoms with van der Waals surface area (Å²) < 4.78 is 5.36. The number of nitrogens with one attached hydrogen (secondary N) is 1. The maximum atomic E-state index is 12.4. The highest BCUT2D eigenvalue weighted by Crippen LogP contribution is 2.30. The predicted molar refractivity (Wildman–Crippen MR) is 88.1 cm³/mol. The second-order valence-corrected chi connectivity index (χ2v) is 5.07. The van der Waals surface area contributed by atoms with E-state index in [9.17, 15) is 14.9 Å². The van der Waals surface area contributed by atoms with E-state index in [1.54, 1.807) is 37.3 Å². The molecule has 0 radical (unpaired) electrons. The van der Waals surface area contributed by atoms with Gasteiger partial charge in [0.15, 0.2) is 0 Å². The molecule has 0 aliphatic heterocycles. The molecule has 0 fully saturated rings. The molecule has 0 aliphatic carbocycles. The number of benzene rings is 2. The topological polar surface area (TPSA) is 81.5 Å². The lowest BCUT2D eigenvalue weighted by Crippen LogP contribution is -2.14. The second-order valence-electron chi connectivity index (χ2n) is 5.07. The molecule has 6 nitrogen and oxygen atoms in total. The van der Waals surface area contributed by atoms with Crippen molar-refractivity contribution < 1.29 is 14.5 Å². The van der Waals surface area contributed by atoms with Crippen LogP contribution >= 0.6 is 0 Å². The first-order valence-electron chi connectivity index (χ1n) is 7.22. The lowest BCUT2D eigenvalue weighted by molar-refractivity contribution is -0.384. The molecule has 6 heteroatoms. The van der Waals surface area contributed by atoms with Crippen LogP contribution in [0.5, 0.6) is 5.75 Å². The third kappa shape index (κ3) is 3.66. The van der Waals surface area contributed by atoms with Crippen LogP contribution < -0.4 is 10.1 Å². The largest absolute Gasteiger partial charge is 0.494 e. The fourth-order valence-corrected chi connectivity index (χ4v) is 2.19. The molecule has 1 N–H and O–H groups in total. The van der Waals surface area contributed by atoms with Gasteiger partial charge in [-0.3, -0.25) is 14.9 Å². The third-order valence-corrected chi connectivity index (χ3v) is 3.56. The van der Waals surface area contributed by atoms with Crippen molar-refractivity contribution in [2.24, 2.45) is 0 Å². The number of rotatable bonds is 5. The maximum absolute atomic E-state index is 12.4. The van der Waals surface area contributed by atoms with Crippen LogP contribution in [0.25, 0.3) is 0 Å². The van der Waals surface area contributed by atoms with Crippen molar-refractivity contribution >= 4 is 17.3 Å². The molecular formula is C17H18N2O4. The van der Waals surface area contributed by atoms with Crippen molar-refractivity contribution in [1.29, 1.82) is 0 Å². The Morgan fingerprint density at radius 3 is 2.65 bits per heavy atom. The minimum Gasteiger partial charge on any atom is -0.494 e. The van der Waals surface area contributed by atoms with Gasteiger partial charge >= 0.3 is 0 Å². The number of nitrogens with zero attached hydrogens (tertiary/aromatic N) is 1. The van der Waals surface area contributed by atoms with Crippen LogP contribution in [0.1, 0.15) is 28.4 Å². The van der Waals surface area contributed by atoms with Crippen LogP contribution in [0.2, 0.25) is 0 Å². The molecule has 0 aliphatic rings. The van der Waals surface area contributed by atoms with Gasteiger partial charge in [-0.15, -0.1) is 0 Å². The van der Waals surface area contributed by atoms with E-state index in [0.29, 0.717) is 23.5 Å². The highest BCUT2D eigenvalue weighted by molar-refractivity contribution is 6.06. The Morgan fingerprint density at radius 2 is 2.00 bits per heavy atom. The zero-order valence-corrected chi connectivity index (χ0v) is 13.3. The first-order valence-corrected chi connectivity index (χ1v) is 7.22. The fourth-order valence-electron chi connectivity index (χ4n) is 2.19. The number of hydrogen-bond acceptors (Lipinski definition) is 4. The van der Waals surface area contributed by atoms with Gasteiger partial charge in [0.25, 0.3) is 11.6 Å². The van der Waals surface area contributed by atoms with Gasteiger partial charge in [-0.25, -0.2) is 0 Å². The van der Waals surface area contributed by atoms with E-state index >= 15 is 0 Å². The van der Waals surface area contributed by atoms with Crippen molar-refractivity contribution in [2.45, 2.75) is 20.8 Å². The van der Waals surface area contributed by atoms with Crippen molar-refractivity contribution in [2.75, 3.05) is 11.9 Å². The maximum Gasteiger partial charge on any atom is 0.293 e. The number of anilines is 1. The lowest BCUT2D eigenvalue weighted by atomic mass is 10.1. The Morgan fingerprint density at radius 1 is 1.26 bits per heavy atom. The van der Waals surface area contributed by atoms with E-state index in [0.717, 1.165) is 5.56 Å². The summed E-state index contributed by atoms with van der Waals surface area (Å²) >= 11 is 0. The van der Waals surface area contributed by atoms with E-state index in [2.05, 4.69) is 5.32 Å². The molecule has 1 amide bonds. The Balaban J connectivity index is 2.35.